The van der Waals surface area contributed by atoms with Gasteiger partial charge in [0.15, 0.2) is 0 Å². The molecule has 0 radical (unpaired) electrons. The van der Waals surface area contributed by atoms with Gasteiger partial charge in [-0.25, -0.2) is 5.43 Å². The Morgan fingerprint density at radius 2 is 1.61 bits per heavy atom. The van der Waals surface area contributed by atoms with Gasteiger partial charge < -0.3 is 9.47 Å². The predicted octanol–water partition coefficient (Wildman–Crippen LogP) is 6.58. The summed E-state index contributed by atoms with van der Waals surface area (Å²) in [5, 5.41) is 4.10. The van der Waals surface area contributed by atoms with Crippen molar-refractivity contribution >= 4 is 28.1 Å². The number of nitrogens with one attached hydrogen (secondary N) is 1. The van der Waals surface area contributed by atoms with Crippen LogP contribution in [-0.4, -0.2) is 12.1 Å². The lowest BCUT2D eigenvalue weighted by Crippen LogP contribution is -2.18. The number of hydrazone groups is 1. The van der Waals surface area contributed by atoms with Crippen LogP contribution in [0.2, 0.25) is 0 Å². The van der Waals surface area contributed by atoms with Crippen LogP contribution >= 0.6 is 15.9 Å². The number of rotatable bonds is 8. The maximum atomic E-state index is 12.7. The Hall–Kier alpha value is -3.90. The quantitative estimate of drug-likeness (QED) is 0.219. The summed E-state index contributed by atoms with van der Waals surface area (Å²) in [5.41, 5.74) is 4.76. The molecular weight excluding hydrogens is 480 g/mol. The van der Waals surface area contributed by atoms with E-state index in [9.17, 15) is 4.79 Å². The van der Waals surface area contributed by atoms with Crippen LogP contribution < -0.4 is 14.9 Å². The topological polar surface area (TPSA) is 59.9 Å². The molecule has 0 aliphatic rings. The number of amides is 1. The third kappa shape index (κ3) is 6.54. The molecule has 0 unspecified atom stereocenters. The summed E-state index contributed by atoms with van der Waals surface area (Å²) in [5.74, 6) is 1.57. The molecule has 0 fully saturated rings. The first-order valence-electron chi connectivity index (χ1n) is 10.3. The number of carbonyl (C=O) groups is 1. The Labute approximate surface area is 200 Å². The molecule has 1 amide bonds. The molecule has 164 valence electrons. The fourth-order valence-electron chi connectivity index (χ4n) is 3.08. The SMILES string of the molecule is O=C(NN=Cc1cccc(Oc2ccccc2)c1)c1ccccc1OCc1cccc(Br)c1. The predicted molar refractivity (Wildman–Crippen MR) is 133 cm³/mol. The second kappa shape index (κ2) is 11.1. The molecule has 4 aromatic rings. The van der Waals surface area contributed by atoms with E-state index >= 15 is 0 Å². The molecule has 0 heterocycles. The lowest BCUT2D eigenvalue weighted by Gasteiger charge is -2.10. The fraction of sp³-hybridized carbons (Fsp3) is 0.0370. The average Bonchev–Trinajstić information content (AvgIpc) is 2.84. The van der Waals surface area contributed by atoms with Crippen molar-refractivity contribution in [2.24, 2.45) is 5.10 Å². The molecule has 5 nitrogen and oxygen atoms in total. The molecule has 6 heteroatoms. The Morgan fingerprint density at radius 1 is 0.848 bits per heavy atom. The van der Waals surface area contributed by atoms with Crippen molar-refractivity contribution in [1.82, 2.24) is 5.43 Å². The van der Waals surface area contributed by atoms with Crippen LogP contribution in [-0.2, 0) is 6.61 Å². The van der Waals surface area contributed by atoms with Gasteiger partial charge >= 0.3 is 0 Å². The number of carbonyl (C=O) groups excluding carboxylic acids is 1. The molecule has 0 aromatic heterocycles. The van der Waals surface area contributed by atoms with Crippen molar-refractivity contribution in [3.63, 3.8) is 0 Å². The minimum Gasteiger partial charge on any atom is -0.488 e. The summed E-state index contributed by atoms with van der Waals surface area (Å²) in [6, 6.07) is 31.9. The largest absolute Gasteiger partial charge is 0.488 e. The number of para-hydroxylation sites is 2. The maximum absolute atomic E-state index is 12.7. The smallest absolute Gasteiger partial charge is 0.275 e. The highest BCUT2D eigenvalue weighted by Gasteiger charge is 2.11. The number of nitrogens with zero attached hydrogens (tertiary/aromatic N) is 1. The molecule has 0 saturated heterocycles. The third-order valence-electron chi connectivity index (χ3n) is 4.63. The monoisotopic (exact) mass is 500 g/mol. The van der Waals surface area contributed by atoms with Crippen LogP contribution in [0.3, 0.4) is 0 Å². The van der Waals surface area contributed by atoms with Crippen molar-refractivity contribution < 1.29 is 14.3 Å². The van der Waals surface area contributed by atoms with Gasteiger partial charge in [0.05, 0.1) is 11.8 Å². The van der Waals surface area contributed by atoms with E-state index < -0.39 is 0 Å². The van der Waals surface area contributed by atoms with Gasteiger partial charge in [-0.3, -0.25) is 4.79 Å². The van der Waals surface area contributed by atoms with E-state index in [1.807, 2.05) is 84.9 Å². The highest BCUT2D eigenvalue weighted by atomic mass is 79.9. The van der Waals surface area contributed by atoms with E-state index in [-0.39, 0.29) is 5.91 Å². The molecule has 0 bridgehead atoms. The molecule has 4 rings (SSSR count). The van der Waals surface area contributed by atoms with Crippen LogP contribution in [0, 0.1) is 0 Å². The minimum absolute atomic E-state index is 0.348. The molecule has 0 atom stereocenters. The van der Waals surface area contributed by atoms with Crippen molar-refractivity contribution in [1.29, 1.82) is 0 Å². The number of benzene rings is 4. The van der Waals surface area contributed by atoms with Crippen LogP contribution in [0.4, 0.5) is 0 Å². The van der Waals surface area contributed by atoms with E-state index in [0.717, 1.165) is 21.3 Å². The van der Waals surface area contributed by atoms with E-state index in [1.165, 1.54) is 0 Å². The third-order valence-corrected chi connectivity index (χ3v) is 5.13. The number of hydrogen-bond donors (Lipinski definition) is 1. The Kier molecular flexibility index (Phi) is 7.51. The molecule has 0 saturated carbocycles. The van der Waals surface area contributed by atoms with Gasteiger partial charge in [-0.2, -0.15) is 5.10 Å². The Bertz CT molecular complexity index is 1260. The second-order valence-electron chi connectivity index (χ2n) is 7.10. The molecular formula is C27H21BrN2O3. The van der Waals surface area contributed by atoms with Gasteiger partial charge in [-0.05, 0) is 59.7 Å². The molecule has 33 heavy (non-hydrogen) atoms. The fourth-order valence-corrected chi connectivity index (χ4v) is 3.52. The summed E-state index contributed by atoms with van der Waals surface area (Å²) in [6.07, 6.45) is 1.57. The van der Waals surface area contributed by atoms with Crippen LogP contribution in [0.15, 0.2) is 113 Å². The van der Waals surface area contributed by atoms with Gasteiger partial charge in [0.1, 0.15) is 23.9 Å². The zero-order valence-electron chi connectivity index (χ0n) is 17.6. The normalized spacial score (nSPS) is 10.7. The summed E-state index contributed by atoms with van der Waals surface area (Å²) in [6.45, 7) is 0.348. The van der Waals surface area contributed by atoms with Gasteiger partial charge in [-0.15, -0.1) is 0 Å². The van der Waals surface area contributed by atoms with Gasteiger partial charge in [0.2, 0.25) is 0 Å². The van der Waals surface area contributed by atoms with Crippen LogP contribution in [0.25, 0.3) is 0 Å². The zero-order valence-corrected chi connectivity index (χ0v) is 19.2. The lowest BCUT2D eigenvalue weighted by molar-refractivity contribution is 0.0950. The average molecular weight is 501 g/mol. The van der Waals surface area contributed by atoms with Crippen molar-refractivity contribution in [2.75, 3.05) is 0 Å². The van der Waals surface area contributed by atoms with Gasteiger partial charge in [0.25, 0.3) is 5.91 Å². The van der Waals surface area contributed by atoms with Crippen molar-refractivity contribution in [3.8, 4) is 17.2 Å². The standard InChI is InChI=1S/C27H21BrN2O3/c28-22-10-6-9-21(16-22)19-32-26-15-5-4-14-25(26)27(31)30-29-18-20-8-7-13-24(17-20)33-23-11-2-1-3-12-23/h1-18H,19H2,(H,30,31). The van der Waals surface area contributed by atoms with E-state index in [1.54, 1.807) is 24.4 Å². The van der Waals surface area contributed by atoms with Crippen LogP contribution in [0.5, 0.6) is 17.2 Å². The Balaban J connectivity index is 1.38. The maximum Gasteiger partial charge on any atom is 0.275 e. The van der Waals surface area contributed by atoms with Gasteiger partial charge in [-0.1, -0.05) is 70.5 Å². The summed E-state index contributed by atoms with van der Waals surface area (Å²) in [7, 11) is 0. The van der Waals surface area contributed by atoms with Crippen molar-refractivity contribution in [3.05, 3.63) is 124 Å². The number of ether oxygens (including phenoxy) is 2. The first kappa shape index (κ1) is 22.3. The highest BCUT2D eigenvalue weighted by Crippen LogP contribution is 2.22. The summed E-state index contributed by atoms with van der Waals surface area (Å²) in [4.78, 5) is 12.7. The molecule has 1 N–H and O–H groups in total. The number of halogens is 1. The van der Waals surface area contributed by atoms with E-state index in [2.05, 4.69) is 26.5 Å². The molecule has 0 spiro atoms. The summed E-state index contributed by atoms with van der Waals surface area (Å²) >= 11 is 3.45. The van der Waals surface area contributed by atoms with Crippen LogP contribution in [0.1, 0.15) is 21.5 Å². The van der Waals surface area contributed by atoms with E-state index in [0.29, 0.717) is 23.7 Å². The van der Waals surface area contributed by atoms with E-state index in [4.69, 9.17) is 9.47 Å². The zero-order chi connectivity index (χ0) is 22.9. The Morgan fingerprint density at radius 3 is 2.45 bits per heavy atom. The first-order chi connectivity index (χ1) is 16.2. The molecule has 0 aliphatic carbocycles. The first-order valence-corrected chi connectivity index (χ1v) is 11.1. The second-order valence-corrected chi connectivity index (χ2v) is 8.02. The lowest BCUT2D eigenvalue weighted by atomic mass is 10.2. The molecule has 0 aliphatic heterocycles. The van der Waals surface area contributed by atoms with Gasteiger partial charge in [0, 0.05) is 4.47 Å². The minimum atomic E-state index is -0.354. The molecule has 4 aromatic carbocycles. The highest BCUT2D eigenvalue weighted by molar-refractivity contribution is 9.10. The van der Waals surface area contributed by atoms with Crippen molar-refractivity contribution in [2.45, 2.75) is 6.61 Å². The number of hydrogen-bond acceptors (Lipinski definition) is 4. The summed E-state index contributed by atoms with van der Waals surface area (Å²) < 4.78 is 12.7.